The van der Waals surface area contributed by atoms with Crippen LogP contribution in [0, 0.1) is 0 Å². The lowest BCUT2D eigenvalue weighted by Crippen LogP contribution is -2.30. The van der Waals surface area contributed by atoms with E-state index < -0.39 is 0 Å². The minimum absolute atomic E-state index is 0.00483. The zero-order valence-corrected chi connectivity index (χ0v) is 13.3. The minimum Gasteiger partial charge on any atom is -0.484 e. The normalized spacial score (nSPS) is 10.5. The van der Waals surface area contributed by atoms with Gasteiger partial charge in [-0.15, -0.1) is 5.10 Å². The van der Waals surface area contributed by atoms with E-state index in [1.807, 2.05) is 29.0 Å². The van der Waals surface area contributed by atoms with E-state index in [-0.39, 0.29) is 12.5 Å². The molecule has 0 fully saturated rings. The van der Waals surface area contributed by atoms with Crippen molar-refractivity contribution in [2.24, 2.45) is 0 Å². The first-order chi connectivity index (χ1) is 11.2. The fourth-order valence-corrected chi connectivity index (χ4v) is 2.63. The zero-order chi connectivity index (χ0) is 16.1. The summed E-state index contributed by atoms with van der Waals surface area (Å²) in [6.07, 6.45) is 1.51. The smallest absolute Gasteiger partial charge is 0.260 e. The third-order valence-electron chi connectivity index (χ3n) is 3.24. The fourth-order valence-electron chi connectivity index (χ4n) is 1.97. The molecule has 1 amide bonds. The summed E-state index contributed by atoms with van der Waals surface area (Å²) in [5.74, 6) is 0.555. The van der Waals surface area contributed by atoms with Crippen LogP contribution in [0.25, 0.3) is 5.69 Å². The molecule has 2 heterocycles. The number of rotatable bonds is 6. The van der Waals surface area contributed by atoms with Gasteiger partial charge in [0.05, 0.1) is 5.69 Å². The van der Waals surface area contributed by atoms with Gasteiger partial charge in [0.1, 0.15) is 12.1 Å². The Morgan fingerprint density at radius 2 is 2.13 bits per heavy atom. The first kappa shape index (κ1) is 15.2. The molecule has 0 atom stereocenters. The van der Waals surface area contributed by atoms with Crippen molar-refractivity contribution in [3.63, 3.8) is 0 Å². The third-order valence-corrected chi connectivity index (χ3v) is 3.97. The van der Waals surface area contributed by atoms with Crippen LogP contribution in [-0.4, -0.2) is 44.7 Å². The standard InChI is InChI=1S/C15H15N5O2S/c1-19(8-12-6-7-23-10-12)15(21)9-22-14-4-2-13(3-5-14)20-11-16-17-18-20/h2-7,10-11H,8-9H2,1H3. The highest BCUT2D eigenvalue weighted by molar-refractivity contribution is 7.07. The highest BCUT2D eigenvalue weighted by Gasteiger charge is 2.10. The molecule has 0 aliphatic carbocycles. The molecular formula is C15H15N5O2S. The molecule has 0 saturated carbocycles. The van der Waals surface area contributed by atoms with Gasteiger partial charge < -0.3 is 9.64 Å². The SMILES string of the molecule is CN(Cc1ccsc1)C(=O)COc1ccc(-n2cnnn2)cc1. The molecule has 3 aromatic rings. The van der Waals surface area contributed by atoms with E-state index in [4.69, 9.17) is 4.74 Å². The summed E-state index contributed by atoms with van der Waals surface area (Å²) in [5.41, 5.74) is 1.94. The fraction of sp³-hybridized carbons (Fsp3) is 0.200. The predicted molar refractivity (Wildman–Crippen MR) is 85.4 cm³/mol. The van der Waals surface area contributed by atoms with Crippen LogP contribution in [-0.2, 0) is 11.3 Å². The van der Waals surface area contributed by atoms with Crippen molar-refractivity contribution in [3.05, 3.63) is 53.0 Å². The maximum absolute atomic E-state index is 12.1. The van der Waals surface area contributed by atoms with Crippen molar-refractivity contribution in [2.45, 2.75) is 6.54 Å². The van der Waals surface area contributed by atoms with Gasteiger partial charge in [0, 0.05) is 13.6 Å². The molecule has 0 unspecified atom stereocenters. The Bertz CT molecular complexity index is 741. The molecule has 0 N–H and O–H groups in total. The van der Waals surface area contributed by atoms with Gasteiger partial charge in [0.25, 0.3) is 5.91 Å². The number of tetrazole rings is 1. The number of benzene rings is 1. The van der Waals surface area contributed by atoms with Crippen molar-refractivity contribution in [1.29, 1.82) is 0 Å². The topological polar surface area (TPSA) is 73.1 Å². The average molecular weight is 329 g/mol. The zero-order valence-electron chi connectivity index (χ0n) is 12.5. The number of carbonyl (C=O) groups excluding carboxylic acids is 1. The minimum atomic E-state index is -0.0687. The van der Waals surface area contributed by atoms with Crippen LogP contribution in [0.4, 0.5) is 0 Å². The van der Waals surface area contributed by atoms with Crippen molar-refractivity contribution in [2.75, 3.05) is 13.7 Å². The summed E-state index contributed by atoms with van der Waals surface area (Å²) in [7, 11) is 1.77. The van der Waals surface area contributed by atoms with Gasteiger partial charge in [-0.05, 0) is 57.1 Å². The Morgan fingerprint density at radius 3 is 2.78 bits per heavy atom. The lowest BCUT2D eigenvalue weighted by molar-refractivity contribution is -0.132. The van der Waals surface area contributed by atoms with Crippen molar-refractivity contribution >= 4 is 17.2 Å². The van der Waals surface area contributed by atoms with Crippen LogP contribution >= 0.6 is 11.3 Å². The molecule has 3 rings (SSSR count). The summed E-state index contributed by atoms with van der Waals surface area (Å²) < 4.78 is 7.08. The maximum Gasteiger partial charge on any atom is 0.260 e. The molecule has 0 radical (unpaired) electrons. The van der Waals surface area contributed by atoms with Gasteiger partial charge in [0.15, 0.2) is 6.61 Å². The van der Waals surface area contributed by atoms with Gasteiger partial charge in [-0.2, -0.15) is 11.3 Å². The Hall–Kier alpha value is -2.74. The maximum atomic E-state index is 12.1. The van der Waals surface area contributed by atoms with Crippen molar-refractivity contribution in [1.82, 2.24) is 25.1 Å². The number of likely N-dealkylation sites (N-methyl/N-ethyl adjacent to an activating group) is 1. The molecular weight excluding hydrogens is 314 g/mol. The lowest BCUT2D eigenvalue weighted by atomic mass is 10.3. The average Bonchev–Trinajstić information content (AvgIpc) is 3.26. The second-order valence-electron chi connectivity index (χ2n) is 4.92. The van der Waals surface area contributed by atoms with Crippen LogP contribution in [0.1, 0.15) is 5.56 Å². The molecule has 8 heteroatoms. The molecule has 0 saturated heterocycles. The predicted octanol–water partition coefficient (Wildman–Crippen LogP) is 1.76. The molecule has 2 aromatic heterocycles. The van der Waals surface area contributed by atoms with E-state index in [0.717, 1.165) is 11.3 Å². The number of hydrogen-bond donors (Lipinski definition) is 0. The number of amides is 1. The van der Waals surface area contributed by atoms with E-state index in [2.05, 4.69) is 15.5 Å². The number of hydrogen-bond acceptors (Lipinski definition) is 6. The van der Waals surface area contributed by atoms with Gasteiger partial charge in [-0.1, -0.05) is 0 Å². The van der Waals surface area contributed by atoms with Gasteiger partial charge in [-0.25, -0.2) is 4.68 Å². The second kappa shape index (κ2) is 7.01. The summed E-state index contributed by atoms with van der Waals surface area (Å²) >= 11 is 1.62. The monoisotopic (exact) mass is 329 g/mol. The second-order valence-corrected chi connectivity index (χ2v) is 5.70. The summed E-state index contributed by atoms with van der Waals surface area (Å²) in [6.45, 7) is 0.592. The van der Waals surface area contributed by atoms with Crippen LogP contribution in [0.5, 0.6) is 5.75 Å². The number of ether oxygens (including phenoxy) is 1. The van der Waals surface area contributed by atoms with Crippen molar-refractivity contribution < 1.29 is 9.53 Å². The molecule has 7 nitrogen and oxygen atoms in total. The Kier molecular flexibility index (Phi) is 4.62. The van der Waals surface area contributed by atoms with Crippen LogP contribution in [0.3, 0.4) is 0 Å². The largest absolute Gasteiger partial charge is 0.484 e. The van der Waals surface area contributed by atoms with Crippen LogP contribution in [0.15, 0.2) is 47.4 Å². The molecule has 1 aromatic carbocycles. The van der Waals surface area contributed by atoms with Crippen LogP contribution in [0.2, 0.25) is 0 Å². The number of aromatic nitrogens is 4. The quantitative estimate of drug-likeness (QED) is 0.689. The van der Waals surface area contributed by atoms with E-state index in [0.29, 0.717) is 12.3 Å². The molecule has 0 spiro atoms. The van der Waals surface area contributed by atoms with E-state index in [9.17, 15) is 4.79 Å². The van der Waals surface area contributed by atoms with E-state index in [1.165, 1.54) is 6.33 Å². The Balaban J connectivity index is 1.52. The Morgan fingerprint density at radius 1 is 1.30 bits per heavy atom. The molecule has 23 heavy (non-hydrogen) atoms. The summed E-state index contributed by atoms with van der Waals surface area (Å²) in [4.78, 5) is 13.7. The van der Waals surface area contributed by atoms with E-state index >= 15 is 0 Å². The van der Waals surface area contributed by atoms with E-state index in [1.54, 1.807) is 40.1 Å². The first-order valence-electron chi connectivity index (χ1n) is 6.93. The molecule has 0 aliphatic heterocycles. The van der Waals surface area contributed by atoms with Crippen molar-refractivity contribution in [3.8, 4) is 11.4 Å². The number of carbonyl (C=O) groups is 1. The summed E-state index contributed by atoms with van der Waals surface area (Å²) in [5, 5.41) is 15.0. The Labute approximate surface area is 137 Å². The van der Waals surface area contributed by atoms with Crippen LogP contribution < -0.4 is 4.74 Å². The number of thiophene rings is 1. The number of nitrogens with zero attached hydrogens (tertiary/aromatic N) is 5. The highest BCUT2D eigenvalue weighted by atomic mass is 32.1. The lowest BCUT2D eigenvalue weighted by Gasteiger charge is -2.16. The first-order valence-corrected chi connectivity index (χ1v) is 7.88. The molecule has 118 valence electrons. The summed E-state index contributed by atoms with van der Waals surface area (Å²) in [6, 6.07) is 9.22. The van der Waals surface area contributed by atoms with Gasteiger partial charge in [0.2, 0.25) is 0 Å². The highest BCUT2D eigenvalue weighted by Crippen LogP contribution is 2.14. The molecule has 0 aliphatic rings. The third kappa shape index (κ3) is 3.92. The van der Waals surface area contributed by atoms with Gasteiger partial charge in [-0.3, -0.25) is 4.79 Å². The van der Waals surface area contributed by atoms with Gasteiger partial charge >= 0.3 is 0 Å². The molecule has 0 bridgehead atoms.